The fourth-order valence-corrected chi connectivity index (χ4v) is 5.08. The minimum Gasteiger partial charge on any atom is -0.392 e. The Morgan fingerprint density at radius 3 is 2.65 bits per heavy atom. The van der Waals surface area contributed by atoms with Crippen molar-refractivity contribution in [1.82, 2.24) is 4.31 Å². The Morgan fingerprint density at radius 1 is 1.35 bits per heavy atom. The normalized spacial score (nSPS) is 21.1. The van der Waals surface area contributed by atoms with Crippen molar-refractivity contribution in [2.24, 2.45) is 0 Å². The third-order valence-electron chi connectivity index (χ3n) is 3.58. The van der Waals surface area contributed by atoms with Crippen LogP contribution in [0.1, 0.15) is 31.7 Å². The van der Waals surface area contributed by atoms with Crippen LogP contribution in [0.3, 0.4) is 0 Å². The molecule has 1 aliphatic heterocycles. The van der Waals surface area contributed by atoms with Crippen LogP contribution in [0.5, 0.6) is 0 Å². The molecule has 1 unspecified atom stereocenters. The van der Waals surface area contributed by atoms with Crippen molar-refractivity contribution < 1.29 is 13.5 Å². The van der Waals surface area contributed by atoms with E-state index in [1.807, 2.05) is 6.92 Å². The van der Waals surface area contributed by atoms with Crippen molar-refractivity contribution in [2.45, 2.75) is 43.7 Å². The molecule has 1 atom stereocenters. The minimum atomic E-state index is -3.69. The van der Waals surface area contributed by atoms with Crippen LogP contribution in [-0.4, -0.2) is 30.4 Å². The van der Waals surface area contributed by atoms with Crippen molar-refractivity contribution in [3.8, 4) is 0 Å². The molecule has 0 radical (unpaired) electrons. The zero-order valence-corrected chi connectivity index (χ0v) is 13.5. The lowest BCUT2D eigenvalue weighted by Gasteiger charge is -2.32. The lowest BCUT2D eigenvalue weighted by molar-refractivity contribution is 0.268. The van der Waals surface area contributed by atoms with Crippen molar-refractivity contribution in [3.63, 3.8) is 0 Å². The molecule has 0 amide bonds. The first-order valence-electron chi connectivity index (χ1n) is 6.48. The fourth-order valence-electron chi connectivity index (χ4n) is 2.48. The molecule has 2 rings (SSSR count). The maximum atomic E-state index is 12.7. The predicted octanol–water partition coefficient (Wildman–Crippen LogP) is 3.05. The summed E-state index contributed by atoms with van der Waals surface area (Å²) in [7, 11) is -3.69. The highest BCUT2D eigenvalue weighted by molar-refractivity contribution is 7.89. The van der Waals surface area contributed by atoms with Crippen molar-refractivity contribution >= 4 is 33.2 Å². The molecule has 1 fully saturated rings. The summed E-state index contributed by atoms with van der Waals surface area (Å²) in [5.74, 6) is 0. The Labute approximate surface area is 129 Å². The smallest absolute Gasteiger partial charge is 0.244 e. The Kier molecular flexibility index (Phi) is 4.97. The van der Waals surface area contributed by atoms with Crippen LogP contribution in [0.2, 0.25) is 10.0 Å². The van der Waals surface area contributed by atoms with Crippen LogP contribution in [0, 0.1) is 0 Å². The molecular formula is C13H17Cl2NO3S. The van der Waals surface area contributed by atoms with Crippen LogP contribution in [0.4, 0.5) is 0 Å². The maximum Gasteiger partial charge on any atom is 0.244 e. The molecule has 0 aliphatic carbocycles. The summed E-state index contributed by atoms with van der Waals surface area (Å²) in [6.45, 7) is 2.03. The van der Waals surface area contributed by atoms with Gasteiger partial charge in [0.15, 0.2) is 0 Å². The maximum absolute atomic E-state index is 12.7. The average molecular weight is 338 g/mol. The van der Waals surface area contributed by atoms with E-state index in [-0.39, 0.29) is 27.6 Å². The number of aliphatic hydroxyl groups excluding tert-OH is 1. The largest absolute Gasteiger partial charge is 0.392 e. The number of hydrogen-bond donors (Lipinski definition) is 1. The van der Waals surface area contributed by atoms with Gasteiger partial charge < -0.3 is 5.11 Å². The summed E-state index contributed by atoms with van der Waals surface area (Å²) >= 11 is 12.0. The molecule has 1 N–H and O–H groups in total. The lowest BCUT2D eigenvalue weighted by Crippen LogP contribution is -2.42. The molecule has 112 valence electrons. The molecule has 7 heteroatoms. The number of sulfonamides is 1. The van der Waals surface area contributed by atoms with Gasteiger partial charge in [0.2, 0.25) is 10.0 Å². The molecule has 4 nitrogen and oxygen atoms in total. The molecule has 1 saturated heterocycles. The third-order valence-corrected chi connectivity index (χ3v) is 6.39. The number of nitrogens with zero attached hydrogens (tertiary/aromatic N) is 1. The molecule has 20 heavy (non-hydrogen) atoms. The summed E-state index contributed by atoms with van der Waals surface area (Å²) in [6.07, 6.45) is 2.71. The number of hydrogen-bond acceptors (Lipinski definition) is 3. The van der Waals surface area contributed by atoms with Crippen LogP contribution >= 0.6 is 23.2 Å². The quantitative estimate of drug-likeness (QED) is 0.922. The lowest BCUT2D eigenvalue weighted by atomic mass is 10.1. The molecular weight excluding hydrogens is 321 g/mol. The summed E-state index contributed by atoms with van der Waals surface area (Å²) < 4.78 is 26.9. The first-order chi connectivity index (χ1) is 9.37. The molecule has 1 heterocycles. The SMILES string of the molecule is CC1CCCCN1S(=O)(=O)c1cc(Cl)cc(CO)c1Cl. The monoisotopic (exact) mass is 337 g/mol. The Morgan fingerprint density at radius 2 is 2.05 bits per heavy atom. The zero-order valence-electron chi connectivity index (χ0n) is 11.1. The highest BCUT2D eigenvalue weighted by atomic mass is 35.5. The van der Waals surface area contributed by atoms with E-state index in [0.29, 0.717) is 12.1 Å². The molecule has 0 spiro atoms. The van der Waals surface area contributed by atoms with Gasteiger partial charge in [0.25, 0.3) is 0 Å². The van der Waals surface area contributed by atoms with Gasteiger partial charge >= 0.3 is 0 Å². The number of halogens is 2. The van der Waals surface area contributed by atoms with Gasteiger partial charge in [-0.25, -0.2) is 8.42 Å². The van der Waals surface area contributed by atoms with Gasteiger partial charge in [0, 0.05) is 17.6 Å². The molecule has 1 aromatic rings. The average Bonchev–Trinajstić information content (AvgIpc) is 2.41. The number of benzene rings is 1. The van der Waals surface area contributed by atoms with Gasteiger partial charge in [-0.15, -0.1) is 0 Å². The predicted molar refractivity (Wildman–Crippen MR) is 79.6 cm³/mol. The topological polar surface area (TPSA) is 57.6 Å². The standard InChI is InChI=1S/C13H17Cl2NO3S/c1-9-4-2-3-5-16(9)20(18,19)12-7-11(14)6-10(8-17)13(12)15/h6-7,9,17H,2-5,8H2,1H3. The van der Waals surface area contributed by atoms with Crippen LogP contribution in [0.15, 0.2) is 17.0 Å². The Balaban J connectivity index is 2.51. The van der Waals surface area contributed by atoms with E-state index in [2.05, 4.69) is 0 Å². The summed E-state index contributed by atoms with van der Waals surface area (Å²) in [5.41, 5.74) is 0.322. The van der Waals surface area contributed by atoms with Gasteiger partial charge in [-0.2, -0.15) is 4.31 Å². The summed E-state index contributed by atoms with van der Waals surface area (Å²) in [6, 6.07) is 2.77. The van der Waals surface area contributed by atoms with E-state index in [9.17, 15) is 13.5 Å². The highest BCUT2D eigenvalue weighted by Gasteiger charge is 2.33. The first kappa shape index (κ1) is 16.0. The zero-order chi connectivity index (χ0) is 14.9. The van der Waals surface area contributed by atoms with Gasteiger partial charge in [-0.05, 0) is 37.5 Å². The van der Waals surface area contributed by atoms with E-state index in [4.69, 9.17) is 23.2 Å². The summed E-state index contributed by atoms with van der Waals surface area (Å²) in [5, 5.41) is 9.55. The highest BCUT2D eigenvalue weighted by Crippen LogP contribution is 2.33. The molecule has 1 aromatic carbocycles. The number of aliphatic hydroxyl groups is 1. The van der Waals surface area contributed by atoms with Gasteiger partial charge in [0.1, 0.15) is 4.90 Å². The fraction of sp³-hybridized carbons (Fsp3) is 0.538. The van der Waals surface area contributed by atoms with Crippen LogP contribution < -0.4 is 0 Å². The van der Waals surface area contributed by atoms with E-state index < -0.39 is 10.0 Å². The Hall–Kier alpha value is -0.330. The van der Waals surface area contributed by atoms with Crippen molar-refractivity contribution in [3.05, 3.63) is 27.7 Å². The minimum absolute atomic E-state index is 0.0236. The van der Waals surface area contributed by atoms with Crippen molar-refractivity contribution in [1.29, 1.82) is 0 Å². The Bertz CT molecular complexity index is 604. The number of rotatable bonds is 3. The first-order valence-corrected chi connectivity index (χ1v) is 8.68. The van der Waals surface area contributed by atoms with Gasteiger partial charge in [-0.3, -0.25) is 0 Å². The van der Waals surface area contributed by atoms with Crippen LogP contribution in [-0.2, 0) is 16.6 Å². The number of piperidine rings is 1. The van der Waals surface area contributed by atoms with E-state index >= 15 is 0 Å². The van der Waals surface area contributed by atoms with E-state index in [1.54, 1.807) is 0 Å². The van der Waals surface area contributed by atoms with Gasteiger partial charge in [0.05, 0.1) is 11.6 Å². The van der Waals surface area contributed by atoms with E-state index in [0.717, 1.165) is 19.3 Å². The van der Waals surface area contributed by atoms with Crippen molar-refractivity contribution in [2.75, 3.05) is 6.54 Å². The third kappa shape index (κ3) is 2.97. The van der Waals surface area contributed by atoms with Crippen LogP contribution in [0.25, 0.3) is 0 Å². The molecule has 1 aliphatic rings. The second-order valence-electron chi connectivity index (χ2n) is 5.00. The molecule has 0 saturated carbocycles. The second-order valence-corrected chi connectivity index (χ2v) is 7.67. The van der Waals surface area contributed by atoms with E-state index in [1.165, 1.54) is 16.4 Å². The molecule has 0 bridgehead atoms. The summed E-state index contributed by atoms with van der Waals surface area (Å²) in [4.78, 5) is -0.0236. The second kappa shape index (κ2) is 6.20. The molecule has 0 aromatic heterocycles. The van der Waals surface area contributed by atoms with Gasteiger partial charge in [-0.1, -0.05) is 29.6 Å².